The number of carboxylic acid groups (broad SMARTS) is 2. The van der Waals surface area contributed by atoms with Gasteiger partial charge in [0.1, 0.15) is 16.7 Å². The van der Waals surface area contributed by atoms with Crippen molar-refractivity contribution in [3.05, 3.63) is 26.6 Å². The number of fused-ring (bicyclic) bond motifs is 3. The minimum absolute atomic E-state index is 0.254. The first-order valence-corrected chi connectivity index (χ1v) is 8.74. The number of aromatic nitrogens is 2. The fourth-order valence-corrected chi connectivity index (χ4v) is 4.69. The van der Waals surface area contributed by atoms with Gasteiger partial charge in [0.05, 0.1) is 11.3 Å². The molecule has 2 heterocycles. The molecule has 0 aromatic carbocycles. The molecule has 0 radical (unpaired) electrons. The number of thiophene rings is 1. The van der Waals surface area contributed by atoms with Gasteiger partial charge >= 0.3 is 11.9 Å². The normalized spacial score (nSPS) is 17.8. The second-order valence-electron chi connectivity index (χ2n) is 5.87. The van der Waals surface area contributed by atoms with Crippen LogP contribution in [0.15, 0.2) is 4.79 Å². The average Bonchev–Trinajstić information content (AvgIpc) is 3.07. The van der Waals surface area contributed by atoms with Gasteiger partial charge in [-0.3, -0.25) is 14.2 Å². The topological polar surface area (TPSA) is 109 Å². The maximum Gasteiger partial charge on any atom is 0.326 e. The standard InChI is InChI=1S/C16H18N2O5S/c1-3-8(16(22)23)18-10(4-2)17-13-12(14(18)19)11-7(15(20)21)5-6-9(11)24-13/h7-8H,3-6H2,1-2H3,(H,20,21)(H,22,23). The predicted octanol–water partition coefficient (Wildman–Crippen LogP) is 2.17. The number of carbonyl (C=O) groups is 2. The molecule has 2 aromatic rings. The van der Waals surface area contributed by atoms with Crippen molar-refractivity contribution in [3.8, 4) is 0 Å². The summed E-state index contributed by atoms with van der Waals surface area (Å²) in [4.78, 5) is 42.0. The summed E-state index contributed by atoms with van der Waals surface area (Å²) in [6, 6.07) is -0.996. The van der Waals surface area contributed by atoms with E-state index in [1.807, 2.05) is 6.92 Å². The van der Waals surface area contributed by atoms with E-state index in [2.05, 4.69) is 4.98 Å². The molecule has 128 valence electrons. The molecule has 0 spiro atoms. The highest BCUT2D eigenvalue weighted by Crippen LogP contribution is 2.42. The summed E-state index contributed by atoms with van der Waals surface area (Å²) in [5.41, 5.74) is 0.105. The third-order valence-corrected chi connectivity index (χ3v) is 5.71. The van der Waals surface area contributed by atoms with E-state index in [0.717, 1.165) is 4.88 Å². The molecular weight excluding hydrogens is 332 g/mol. The van der Waals surface area contributed by atoms with Crippen LogP contribution in [-0.4, -0.2) is 31.7 Å². The van der Waals surface area contributed by atoms with Gasteiger partial charge < -0.3 is 10.2 Å². The zero-order valence-corrected chi connectivity index (χ0v) is 14.2. The Hall–Kier alpha value is -2.22. The van der Waals surface area contributed by atoms with Gasteiger partial charge in [-0.2, -0.15) is 0 Å². The molecule has 1 aliphatic carbocycles. The number of hydrogen-bond acceptors (Lipinski definition) is 5. The Morgan fingerprint density at radius 3 is 2.62 bits per heavy atom. The molecule has 3 rings (SSSR count). The lowest BCUT2D eigenvalue weighted by Crippen LogP contribution is -2.33. The van der Waals surface area contributed by atoms with Crippen molar-refractivity contribution in [2.75, 3.05) is 0 Å². The van der Waals surface area contributed by atoms with Crippen LogP contribution in [0.2, 0.25) is 0 Å². The average molecular weight is 350 g/mol. The van der Waals surface area contributed by atoms with Crippen LogP contribution in [0.3, 0.4) is 0 Å². The van der Waals surface area contributed by atoms with Gasteiger partial charge in [0.2, 0.25) is 0 Å². The molecule has 7 nitrogen and oxygen atoms in total. The van der Waals surface area contributed by atoms with Gasteiger partial charge in [-0.15, -0.1) is 11.3 Å². The van der Waals surface area contributed by atoms with Crippen molar-refractivity contribution in [2.24, 2.45) is 0 Å². The second-order valence-corrected chi connectivity index (χ2v) is 6.95. The Morgan fingerprint density at radius 1 is 1.38 bits per heavy atom. The van der Waals surface area contributed by atoms with Crippen LogP contribution in [0.25, 0.3) is 10.2 Å². The van der Waals surface area contributed by atoms with E-state index >= 15 is 0 Å². The third-order valence-electron chi connectivity index (χ3n) is 4.55. The highest BCUT2D eigenvalue weighted by atomic mass is 32.1. The molecule has 0 saturated heterocycles. The van der Waals surface area contributed by atoms with Crippen LogP contribution >= 0.6 is 11.3 Å². The van der Waals surface area contributed by atoms with Crippen molar-refractivity contribution >= 4 is 33.5 Å². The summed E-state index contributed by atoms with van der Waals surface area (Å²) in [5.74, 6) is -2.33. The first-order chi connectivity index (χ1) is 11.4. The molecule has 0 bridgehead atoms. The lowest BCUT2D eigenvalue weighted by molar-refractivity contribution is -0.141. The molecular formula is C16H18N2O5S. The highest BCUT2D eigenvalue weighted by molar-refractivity contribution is 7.18. The fourth-order valence-electron chi connectivity index (χ4n) is 3.43. The molecule has 2 aromatic heterocycles. The molecule has 2 unspecified atom stereocenters. The molecule has 2 N–H and O–H groups in total. The zero-order valence-electron chi connectivity index (χ0n) is 13.4. The van der Waals surface area contributed by atoms with E-state index in [1.54, 1.807) is 6.92 Å². The molecule has 0 saturated carbocycles. The van der Waals surface area contributed by atoms with Crippen LogP contribution < -0.4 is 5.56 Å². The Morgan fingerprint density at radius 2 is 2.08 bits per heavy atom. The monoisotopic (exact) mass is 350 g/mol. The van der Waals surface area contributed by atoms with E-state index in [0.29, 0.717) is 35.5 Å². The molecule has 8 heteroatoms. The summed E-state index contributed by atoms with van der Waals surface area (Å²) in [6.45, 7) is 3.52. The van der Waals surface area contributed by atoms with Crippen molar-refractivity contribution in [1.82, 2.24) is 9.55 Å². The summed E-state index contributed by atoms with van der Waals surface area (Å²) in [7, 11) is 0. The maximum absolute atomic E-state index is 13.1. The molecule has 24 heavy (non-hydrogen) atoms. The van der Waals surface area contributed by atoms with Gasteiger partial charge in [0.15, 0.2) is 0 Å². The quantitative estimate of drug-likeness (QED) is 0.855. The van der Waals surface area contributed by atoms with Crippen molar-refractivity contribution in [2.45, 2.75) is 51.5 Å². The highest BCUT2D eigenvalue weighted by Gasteiger charge is 2.35. The number of hydrogen-bond donors (Lipinski definition) is 2. The largest absolute Gasteiger partial charge is 0.481 e. The minimum atomic E-state index is -1.09. The SMILES string of the molecule is CCc1nc2sc3c(c2c(=O)n1C(CC)C(=O)O)C(C(=O)O)CC3. The van der Waals surface area contributed by atoms with Gasteiger partial charge in [-0.1, -0.05) is 13.8 Å². The zero-order chi connectivity index (χ0) is 17.6. The number of aryl methyl sites for hydroxylation is 2. The first-order valence-electron chi connectivity index (χ1n) is 7.92. The van der Waals surface area contributed by atoms with Crippen LogP contribution in [0.5, 0.6) is 0 Å². The summed E-state index contributed by atoms with van der Waals surface area (Å²) in [6.07, 6.45) is 1.77. The van der Waals surface area contributed by atoms with E-state index in [9.17, 15) is 24.6 Å². The Kier molecular flexibility index (Phi) is 4.16. The van der Waals surface area contributed by atoms with Crippen LogP contribution in [0.4, 0.5) is 0 Å². The van der Waals surface area contributed by atoms with Crippen molar-refractivity contribution < 1.29 is 19.8 Å². The molecule has 0 aliphatic heterocycles. The van der Waals surface area contributed by atoms with Crippen LogP contribution in [0.1, 0.15) is 54.9 Å². The number of carboxylic acids is 2. The van der Waals surface area contributed by atoms with Crippen molar-refractivity contribution in [3.63, 3.8) is 0 Å². The summed E-state index contributed by atoms with van der Waals surface area (Å²) < 4.78 is 1.23. The van der Waals surface area contributed by atoms with Gasteiger partial charge in [0, 0.05) is 11.3 Å². The smallest absolute Gasteiger partial charge is 0.326 e. The Balaban J connectivity index is 2.36. The first kappa shape index (κ1) is 16.6. The van der Waals surface area contributed by atoms with Crippen LogP contribution in [-0.2, 0) is 22.4 Å². The van der Waals surface area contributed by atoms with E-state index in [4.69, 9.17) is 0 Å². The van der Waals surface area contributed by atoms with Gasteiger partial charge in [-0.25, -0.2) is 9.78 Å². The Bertz CT molecular complexity index is 898. The third kappa shape index (κ3) is 2.32. The van der Waals surface area contributed by atoms with E-state index in [1.165, 1.54) is 15.9 Å². The van der Waals surface area contributed by atoms with E-state index < -0.39 is 29.5 Å². The molecule has 1 aliphatic rings. The lowest BCUT2D eigenvalue weighted by Gasteiger charge is -2.18. The van der Waals surface area contributed by atoms with Gasteiger partial charge in [-0.05, 0) is 24.8 Å². The van der Waals surface area contributed by atoms with Crippen LogP contribution in [0, 0.1) is 0 Å². The minimum Gasteiger partial charge on any atom is -0.481 e. The second kappa shape index (κ2) is 6.01. The van der Waals surface area contributed by atoms with Gasteiger partial charge in [0.25, 0.3) is 5.56 Å². The Labute approximate surface area is 141 Å². The maximum atomic E-state index is 13.1. The number of rotatable bonds is 5. The number of nitrogens with zero attached hydrogens (tertiary/aromatic N) is 2. The lowest BCUT2D eigenvalue weighted by atomic mass is 10.0. The van der Waals surface area contributed by atoms with Crippen molar-refractivity contribution in [1.29, 1.82) is 0 Å². The number of aliphatic carboxylic acids is 2. The van der Waals surface area contributed by atoms with E-state index in [-0.39, 0.29) is 11.8 Å². The molecule has 2 atom stereocenters. The summed E-state index contributed by atoms with van der Waals surface area (Å²) in [5, 5.41) is 19.2. The molecule has 0 amide bonds. The molecule has 0 fully saturated rings. The summed E-state index contributed by atoms with van der Waals surface area (Å²) >= 11 is 1.35. The predicted molar refractivity (Wildman–Crippen MR) is 88.9 cm³/mol. The fraction of sp³-hybridized carbons (Fsp3) is 0.500.